The molecule has 98 valence electrons. The van der Waals surface area contributed by atoms with Crippen molar-refractivity contribution < 1.29 is 14.6 Å². The predicted molar refractivity (Wildman–Crippen MR) is 69.0 cm³/mol. The van der Waals surface area contributed by atoms with Crippen molar-refractivity contribution in [3.63, 3.8) is 0 Å². The summed E-state index contributed by atoms with van der Waals surface area (Å²) in [5, 5.41) is 14.2. The molecule has 1 unspecified atom stereocenters. The minimum atomic E-state index is -0.977. The number of carboxylic acid groups (broad SMARTS) is 1. The Morgan fingerprint density at radius 1 is 1.39 bits per heavy atom. The van der Waals surface area contributed by atoms with E-state index in [9.17, 15) is 4.79 Å². The second-order valence-corrected chi connectivity index (χ2v) is 4.38. The molecular formula is C13H18N2O3. The number of amides is 1. The largest absolute Gasteiger partial charge is 0.465 e. The van der Waals surface area contributed by atoms with Gasteiger partial charge in [0.1, 0.15) is 0 Å². The van der Waals surface area contributed by atoms with Crippen LogP contribution in [0.25, 0.3) is 0 Å². The minimum absolute atomic E-state index is 0.407. The van der Waals surface area contributed by atoms with Gasteiger partial charge in [0.15, 0.2) is 0 Å². The highest BCUT2D eigenvalue weighted by molar-refractivity contribution is 5.64. The molecule has 1 heterocycles. The summed E-state index contributed by atoms with van der Waals surface area (Å²) < 4.78 is 5.30. The van der Waals surface area contributed by atoms with E-state index < -0.39 is 6.09 Å². The molecule has 1 aromatic carbocycles. The van der Waals surface area contributed by atoms with Gasteiger partial charge in [-0.25, -0.2) is 4.79 Å². The second kappa shape index (κ2) is 6.26. The quantitative estimate of drug-likeness (QED) is 0.744. The highest BCUT2D eigenvalue weighted by atomic mass is 16.5. The number of hydrogen-bond acceptors (Lipinski definition) is 3. The molecule has 1 atom stereocenters. The summed E-state index contributed by atoms with van der Waals surface area (Å²) in [7, 11) is 0. The van der Waals surface area contributed by atoms with Crippen LogP contribution < -0.4 is 10.6 Å². The van der Waals surface area contributed by atoms with E-state index in [0.717, 1.165) is 30.9 Å². The Bertz CT molecular complexity index is 386. The normalized spacial score (nSPS) is 18.6. The van der Waals surface area contributed by atoms with Gasteiger partial charge < -0.3 is 20.5 Å². The predicted octanol–water partition coefficient (Wildman–Crippen LogP) is 1.70. The zero-order valence-corrected chi connectivity index (χ0v) is 10.2. The van der Waals surface area contributed by atoms with Crippen molar-refractivity contribution in [2.75, 3.05) is 25.1 Å². The molecule has 2 rings (SSSR count). The molecule has 0 aromatic heterocycles. The van der Waals surface area contributed by atoms with E-state index in [0.29, 0.717) is 19.0 Å². The van der Waals surface area contributed by atoms with Crippen LogP contribution in [0.5, 0.6) is 0 Å². The Morgan fingerprint density at radius 3 is 2.78 bits per heavy atom. The Kier molecular flexibility index (Phi) is 4.41. The Labute approximate surface area is 106 Å². The first kappa shape index (κ1) is 12.7. The van der Waals surface area contributed by atoms with Crippen molar-refractivity contribution in [1.82, 2.24) is 5.32 Å². The third-order valence-corrected chi connectivity index (χ3v) is 2.94. The average molecular weight is 250 g/mol. The molecule has 1 aliphatic rings. The maximum Gasteiger partial charge on any atom is 0.404 e. The molecule has 5 nitrogen and oxygen atoms in total. The number of ether oxygens (including phenoxy) is 1. The van der Waals surface area contributed by atoms with Crippen molar-refractivity contribution in [3.8, 4) is 0 Å². The summed E-state index contributed by atoms with van der Waals surface area (Å²) in [6.45, 7) is 2.04. The lowest BCUT2D eigenvalue weighted by Gasteiger charge is -2.12. The molecule has 0 radical (unpaired) electrons. The fourth-order valence-electron chi connectivity index (χ4n) is 1.97. The topological polar surface area (TPSA) is 70.6 Å². The van der Waals surface area contributed by atoms with E-state index in [-0.39, 0.29) is 0 Å². The fourth-order valence-corrected chi connectivity index (χ4v) is 1.97. The molecule has 0 aliphatic carbocycles. The summed E-state index contributed by atoms with van der Waals surface area (Å²) in [5.74, 6) is 0. The molecule has 1 saturated heterocycles. The first-order chi connectivity index (χ1) is 8.74. The maximum absolute atomic E-state index is 10.3. The summed E-state index contributed by atoms with van der Waals surface area (Å²) in [4.78, 5) is 10.3. The van der Waals surface area contributed by atoms with Gasteiger partial charge in [-0.3, -0.25) is 0 Å². The molecule has 0 bridgehead atoms. The molecule has 5 heteroatoms. The van der Waals surface area contributed by atoms with Gasteiger partial charge >= 0.3 is 6.09 Å². The van der Waals surface area contributed by atoms with Crippen LogP contribution in [0.2, 0.25) is 0 Å². The van der Waals surface area contributed by atoms with Crippen LogP contribution in [0.4, 0.5) is 10.5 Å². The van der Waals surface area contributed by atoms with Gasteiger partial charge in [0.05, 0.1) is 12.6 Å². The standard InChI is InChI=1S/C13H18N2O3/c16-13(17)14-7-5-10-1-3-11(4-2-10)15-12-6-8-18-9-12/h1-4,12,14-15H,5-9H2,(H,16,17). The highest BCUT2D eigenvalue weighted by Gasteiger charge is 2.14. The molecule has 1 aromatic rings. The van der Waals surface area contributed by atoms with E-state index in [4.69, 9.17) is 9.84 Å². The Morgan fingerprint density at radius 2 is 2.17 bits per heavy atom. The van der Waals surface area contributed by atoms with Gasteiger partial charge in [0.2, 0.25) is 0 Å². The monoisotopic (exact) mass is 250 g/mol. The van der Waals surface area contributed by atoms with Gasteiger partial charge in [0.25, 0.3) is 0 Å². The van der Waals surface area contributed by atoms with Crippen LogP contribution >= 0.6 is 0 Å². The van der Waals surface area contributed by atoms with E-state index in [1.165, 1.54) is 0 Å². The minimum Gasteiger partial charge on any atom is -0.465 e. The zero-order valence-electron chi connectivity index (χ0n) is 10.2. The van der Waals surface area contributed by atoms with Crippen LogP contribution in [-0.4, -0.2) is 37.0 Å². The molecule has 0 spiro atoms. The number of anilines is 1. The average Bonchev–Trinajstić information content (AvgIpc) is 2.84. The number of hydrogen-bond donors (Lipinski definition) is 3. The Hall–Kier alpha value is -1.75. The first-order valence-electron chi connectivity index (χ1n) is 6.14. The van der Waals surface area contributed by atoms with Crippen molar-refractivity contribution in [1.29, 1.82) is 0 Å². The van der Waals surface area contributed by atoms with Gasteiger partial charge in [-0.15, -0.1) is 0 Å². The van der Waals surface area contributed by atoms with Crippen molar-refractivity contribution in [2.24, 2.45) is 0 Å². The van der Waals surface area contributed by atoms with Gasteiger partial charge in [0, 0.05) is 18.8 Å². The molecule has 3 N–H and O–H groups in total. The fraction of sp³-hybridized carbons (Fsp3) is 0.462. The van der Waals surface area contributed by atoms with Crippen molar-refractivity contribution >= 4 is 11.8 Å². The lowest BCUT2D eigenvalue weighted by molar-refractivity contribution is 0.194. The van der Waals surface area contributed by atoms with E-state index in [1.807, 2.05) is 24.3 Å². The molecule has 18 heavy (non-hydrogen) atoms. The number of nitrogens with one attached hydrogen (secondary N) is 2. The molecule has 1 aliphatic heterocycles. The highest BCUT2D eigenvalue weighted by Crippen LogP contribution is 2.14. The third-order valence-electron chi connectivity index (χ3n) is 2.94. The van der Waals surface area contributed by atoms with E-state index >= 15 is 0 Å². The molecule has 1 amide bonds. The van der Waals surface area contributed by atoms with Crippen molar-refractivity contribution in [2.45, 2.75) is 18.9 Å². The summed E-state index contributed by atoms with van der Waals surface area (Å²) >= 11 is 0. The van der Waals surface area contributed by atoms with E-state index in [2.05, 4.69) is 10.6 Å². The maximum atomic E-state index is 10.3. The molecular weight excluding hydrogens is 232 g/mol. The second-order valence-electron chi connectivity index (χ2n) is 4.38. The third kappa shape index (κ3) is 3.92. The van der Waals surface area contributed by atoms with Gasteiger partial charge in [-0.2, -0.15) is 0 Å². The van der Waals surface area contributed by atoms with Gasteiger partial charge in [-0.05, 0) is 30.5 Å². The molecule has 1 fully saturated rings. The van der Waals surface area contributed by atoms with Crippen LogP contribution in [0.15, 0.2) is 24.3 Å². The zero-order chi connectivity index (χ0) is 12.8. The smallest absolute Gasteiger partial charge is 0.404 e. The SMILES string of the molecule is O=C(O)NCCc1ccc(NC2CCOC2)cc1. The van der Waals surface area contributed by atoms with Gasteiger partial charge in [-0.1, -0.05) is 12.1 Å². The van der Waals surface area contributed by atoms with Crippen LogP contribution in [0.1, 0.15) is 12.0 Å². The number of rotatable bonds is 5. The van der Waals surface area contributed by atoms with Crippen LogP contribution in [-0.2, 0) is 11.2 Å². The van der Waals surface area contributed by atoms with Crippen LogP contribution in [0.3, 0.4) is 0 Å². The summed E-state index contributed by atoms with van der Waals surface area (Å²) in [6, 6.07) is 8.48. The lowest BCUT2D eigenvalue weighted by atomic mass is 10.1. The summed E-state index contributed by atoms with van der Waals surface area (Å²) in [5.41, 5.74) is 2.21. The summed E-state index contributed by atoms with van der Waals surface area (Å²) in [6.07, 6.45) is 0.776. The van der Waals surface area contributed by atoms with E-state index in [1.54, 1.807) is 0 Å². The van der Waals surface area contributed by atoms with Crippen molar-refractivity contribution in [3.05, 3.63) is 29.8 Å². The first-order valence-corrected chi connectivity index (χ1v) is 6.14. The lowest BCUT2D eigenvalue weighted by Crippen LogP contribution is -2.23. The number of carbonyl (C=O) groups is 1. The van der Waals surface area contributed by atoms with Crippen LogP contribution in [0, 0.1) is 0 Å². The molecule has 0 saturated carbocycles. The number of benzene rings is 1. The Balaban J connectivity index is 1.79.